The Kier molecular flexibility index (Phi) is 5.55. The van der Waals surface area contributed by atoms with Crippen molar-refractivity contribution >= 4 is 28.2 Å². The number of carbonyl (C=O) groups excluding carboxylic acids is 1. The Morgan fingerprint density at radius 3 is 2.70 bits per heavy atom. The van der Waals surface area contributed by atoms with E-state index in [2.05, 4.69) is 17.4 Å². The van der Waals surface area contributed by atoms with Crippen LogP contribution in [0.2, 0.25) is 0 Å². The Morgan fingerprint density at radius 1 is 1.20 bits per heavy atom. The van der Waals surface area contributed by atoms with Crippen molar-refractivity contribution in [3.8, 4) is 5.75 Å². The Morgan fingerprint density at radius 2 is 1.97 bits per heavy atom. The van der Waals surface area contributed by atoms with E-state index in [1.54, 1.807) is 0 Å². The number of fused-ring (bicyclic) bond motifs is 1. The molecule has 1 heterocycles. The lowest BCUT2D eigenvalue weighted by Gasteiger charge is -2.24. The largest absolute Gasteiger partial charge is 0.494 e. The number of hydrogen-bond acceptors (Lipinski definition) is 4. The summed E-state index contributed by atoms with van der Waals surface area (Å²) in [4.78, 5) is 24.7. The van der Waals surface area contributed by atoms with Gasteiger partial charge in [0.15, 0.2) is 11.6 Å². The smallest absolute Gasteiger partial charge is 0.339 e. The van der Waals surface area contributed by atoms with E-state index in [1.807, 2.05) is 17.5 Å². The van der Waals surface area contributed by atoms with Crippen molar-refractivity contribution < 1.29 is 23.8 Å². The number of aryl methyl sites for hydroxylation is 1. The summed E-state index contributed by atoms with van der Waals surface area (Å²) >= 11 is 1.20. The molecule has 3 aromatic rings. The van der Waals surface area contributed by atoms with Crippen LogP contribution < -0.4 is 10.1 Å². The fraction of sp³-hybridized carbons (Fsp3) is 0.217. The fourth-order valence-corrected chi connectivity index (χ4v) is 4.95. The summed E-state index contributed by atoms with van der Waals surface area (Å²) in [6.07, 6.45) is 2.53. The van der Waals surface area contributed by atoms with Crippen molar-refractivity contribution in [3.05, 3.63) is 81.5 Å². The first-order valence-corrected chi connectivity index (χ1v) is 10.4. The van der Waals surface area contributed by atoms with Crippen molar-refractivity contribution in [2.24, 2.45) is 0 Å². The summed E-state index contributed by atoms with van der Waals surface area (Å²) in [7, 11) is 1.32. The maximum Gasteiger partial charge on any atom is 0.339 e. The number of methoxy groups -OCH3 is 1. The molecule has 1 aliphatic carbocycles. The Labute approximate surface area is 177 Å². The monoisotopic (exact) mass is 425 g/mol. The van der Waals surface area contributed by atoms with Gasteiger partial charge in [0.05, 0.1) is 12.7 Å². The quantitative estimate of drug-likeness (QED) is 0.595. The summed E-state index contributed by atoms with van der Waals surface area (Å²) < 4.78 is 18.5. The molecule has 0 bridgehead atoms. The van der Waals surface area contributed by atoms with Crippen LogP contribution in [-0.2, 0) is 12.8 Å². The SMILES string of the molecule is COc1cc(C(=O)Nc2scc(C3CCc4ccccc4C3)c2C(=O)O)ccc1F. The second-order valence-electron chi connectivity index (χ2n) is 7.21. The number of halogens is 1. The first kappa shape index (κ1) is 20.1. The molecule has 0 radical (unpaired) electrons. The molecule has 1 atom stereocenters. The molecule has 1 amide bonds. The molecule has 30 heavy (non-hydrogen) atoms. The van der Waals surface area contributed by atoms with Gasteiger partial charge in [0.1, 0.15) is 5.00 Å². The van der Waals surface area contributed by atoms with E-state index in [4.69, 9.17) is 4.74 Å². The fourth-order valence-electron chi connectivity index (χ4n) is 3.92. The number of hydrogen-bond donors (Lipinski definition) is 2. The zero-order valence-corrected chi connectivity index (χ0v) is 17.1. The number of thiophene rings is 1. The highest BCUT2D eigenvalue weighted by atomic mass is 32.1. The third kappa shape index (κ3) is 3.80. The lowest BCUT2D eigenvalue weighted by Crippen LogP contribution is -2.17. The van der Waals surface area contributed by atoms with Crippen LogP contribution in [0.1, 0.15) is 49.7 Å². The molecule has 0 saturated carbocycles. The highest BCUT2D eigenvalue weighted by Crippen LogP contribution is 2.40. The number of carbonyl (C=O) groups is 2. The predicted molar refractivity (Wildman–Crippen MR) is 113 cm³/mol. The number of rotatable bonds is 5. The number of ether oxygens (including phenoxy) is 1. The van der Waals surface area contributed by atoms with E-state index in [1.165, 1.54) is 41.7 Å². The van der Waals surface area contributed by atoms with Crippen molar-refractivity contribution in [1.29, 1.82) is 0 Å². The zero-order chi connectivity index (χ0) is 21.3. The van der Waals surface area contributed by atoms with Crippen LogP contribution in [0.3, 0.4) is 0 Å². The van der Waals surface area contributed by atoms with Crippen molar-refractivity contribution in [3.63, 3.8) is 0 Å². The lowest BCUT2D eigenvalue weighted by atomic mass is 9.80. The molecular weight excluding hydrogens is 405 g/mol. The average molecular weight is 425 g/mol. The van der Waals surface area contributed by atoms with Gasteiger partial charge in [0, 0.05) is 5.56 Å². The topological polar surface area (TPSA) is 75.6 Å². The van der Waals surface area contributed by atoms with Gasteiger partial charge in [-0.2, -0.15) is 0 Å². The third-order valence-electron chi connectivity index (χ3n) is 5.46. The van der Waals surface area contributed by atoms with Crippen LogP contribution in [0.25, 0.3) is 0 Å². The number of carboxylic acids is 1. The second-order valence-corrected chi connectivity index (χ2v) is 8.09. The minimum atomic E-state index is -1.07. The normalized spacial score (nSPS) is 15.3. The van der Waals surface area contributed by atoms with Crippen molar-refractivity contribution in [1.82, 2.24) is 0 Å². The molecule has 0 saturated heterocycles. The minimum absolute atomic E-state index is 0.0474. The molecule has 0 aliphatic heterocycles. The van der Waals surface area contributed by atoms with Crippen LogP contribution in [0, 0.1) is 5.82 Å². The standard InChI is InChI=1S/C23H20FNO4S/c1-29-19-11-16(8-9-18(19)24)21(26)25-22-20(23(27)28)17(12-30-22)15-7-6-13-4-2-3-5-14(13)10-15/h2-5,8-9,11-12,15H,6-7,10H2,1H3,(H,25,26)(H,27,28). The van der Waals surface area contributed by atoms with E-state index in [-0.39, 0.29) is 27.8 Å². The molecule has 5 nitrogen and oxygen atoms in total. The van der Waals surface area contributed by atoms with Crippen LogP contribution in [0.15, 0.2) is 47.8 Å². The van der Waals surface area contributed by atoms with Gasteiger partial charge in [-0.1, -0.05) is 24.3 Å². The van der Waals surface area contributed by atoms with Gasteiger partial charge >= 0.3 is 5.97 Å². The number of carboxylic acid groups (broad SMARTS) is 1. The van der Waals surface area contributed by atoms with Crippen molar-refractivity contribution in [2.45, 2.75) is 25.2 Å². The van der Waals surface area contributed by atoms with E-state index >= 15 is 0 Å². The van der Waals surface area contributed by atoms with Gasteiger partial charge in [-0.05, 0) is 65.4 Å². The highest BCUT2D eigenvalue weighted by Gasteiger charge is 2.28. The number of benzene rings is 2. The summed E-state index contributed by atoms with van der Waals surface area (Å²) in [6, 6.07) is 12.0. The van der Waals surface area contributed by atoms with Crippen molar-refractivity contribution in [2.75, 3.05) is 12.4 Å². The first-order valence-electron chi connectivity index (χ1n) is 9.54. The van der Waals surface area contributed by atoms with Crippen LogP contribution in [-0.4, -0.2) is 24.1 Å². The summed E-state index contributed by atoms with van der Waals surface area (Å²) in [5, 5.41) is 14.6. The number of aromatic carboxylic acids is 1. The molecule has 2 aromatic carbocycles. The Hall–Kier alpha value is -3.19. The Bertz CT molecular complexity index is 1120. The van der Waals surface area contributed by atoms with E-state index in [0.717, 1.165) is 30.9 Å². The van der Waals surface area contributed by atoms with Crippen LogP contribution in [0.5, 0.6) is 5.75 Å². The van der Waals surface area contributed by atoms with Gasteiger partial charge in [0.2, 0.25) is 0 Å². The Balaban J connectivity index is 1.61. The number of anilines is 1. The van der Waals surface area contributed by atoms with Gasteiger partial charge < -0.3 is 15.2 Å². The molecule has 1 aliphatic rings. The average Bonchev–Trinajstić information content (AvgIpc) is 3.17. The lowest BCUT2D eigenvalue weighted by molar-refractivity contribution is 0.0696. The van der Waals surface area contributed by atoms with Crippen LogP contribution in [0.4, 0.5) is 9.39 Å². The van der Waals surface area contributed by atoms with Gasteiger partial charge in [-0.15, -0.1) is 11.3 Å². The summed E-state index contributed by atoms with van der Waals surface area (Å²) in [5.41, 5.74) is 3.60. The molecule has 1 unspecified atom stereocenters. The van der Waals surface area contributed by atoms with Gasteiger partial charge in [-0.25, -0.2) is 9.18 Å². The minimum Gasteiger partial charge on any atom is -0.494 e. The molecular formula is C23H20FNO4S. The van der Waals surface area contributed by atoms with Gasteiger partial charge in [-0.3, -0.25) is 4.79 Å². The maximum absolute atomic E-state index is 13.6. The van der Waals surface area contributed by atoms with Gasteiger partial charge in [0.25, 0.3) is 5.91 Å². The molecule has 1 aromatic heterocycles. The predicted octanol–water partition coefficient (Wildman–Crippen LogP) is 5.12. The zero-order valence-electron chi connectivity index (χ0n) is 16.3. The highest BCUT2D eigenvalue weighted by molar-refractivity contribution is 7.15. The maximum atomic E-state index is 13.6. The number of amides is 1. The van der Waals surface area contributed by atoms with E-state index in [9.17, 15) is 19.1 Å². The first-order chi connectivity index (χ1) is 14.5. The molecule has 4 rings (SSSR count). The molecule has 154 valence electrons. The summed E-state index contributed by atoms with van der Waals surface area (Å²) in [5.74, 6) is -2.13. The van der Waals surface area contributed by atoms with Crippen LogP contribution >= 0.6 is 11.3 Å². The summed E-state index contributed by atoms with van der Waals surface area (Å²) in [6.45, 7) is 0. The van der Waals surface area contributed by atoms with E-state index in [0.29, 0.717) is 0 Å². The molecule has 0 fully saturated rings. The van der Waals surface area contributed by atoms with E-state index < -0.39 is 17.7 Å². The number of nitrogens with one attached hydrogen (secondary N) is 1. The third-order valence-corrected chi connectivity index (χ3v) is 6.37. The molecule has 2 N–H and O–H groups in total. The second kappa shape index (κ2) is 8.28. The molecule has 0 spiro atoms. The molecule has 7 heteroatoms.